The molecule has 1 aromatic rings. The molecule has 3 rings (SSSR count). The molecule has 1 saturated carbocycles. The van der Waals surface area contributed by atoms with Crippen LogP contribution in [-0.4, -0.2) is 36.4 Å². The first-order valence-electron chi connectivity index (χ1n) is 8.41. The lowest BCUT2D eigenvalue weighted by atomic mass is 9.99. The maximum atomic E-state index is 13.1. The fraction of sp³-hybridized carbons (Fsp3) is 0.474. The molecule has 6 nitrogen and oxygen atoms in total. The number of esters is 1. The van der Waals surface area contributed by atoms with Crippen LogP contribution in [0, 0.1) is 5.41 Å². The summed E-state index contributed by atoms with van der Waals surface area (Å²) in [5, 5.41) is 1.57. The minimum Gasteiger partial charge on any atom is -0.427 e. The fourth-order valence-corrected chi connectivity index (χ4v) is 3.09. The maximum Gasteiger partial charge on any atom is 0.316 e. The van der Waals surface area contributed by atoms with Gasteiger partial charge in [0.1, 0.15) is 11.3 Å². The van der Waals surface area contributed by atoms with Crippen molar-refractivity contribution in [2.45, 2.75) is 39.2 Å². The Bertz CT molecular complexity index is 782. The number of hydroxylamine groups is 2. The third-order valence-electron chi connectivity index (χ3n) is 4.82. The van der Waals surface area contributed by atoms with Gasteiger partial charge in [0.25, 0.3) is 5.91 Å². The third kappa shape index (κ3) is 3.13. The summed E-state index contributed by atoms with van der Waals surface area (Å²) in [4.78, 5) is 31.1. The first kappa shape index (κ1) is 18.9. The summed E-state index contributed by atoms with van der Waals surface area (Å²) < 4.78 is 10.7. The van der Waals surface area contributed by atoms with Gasteiger partial charge in [0.05, 0.1) is 11.0 Å². The van der Waals surface area contributed by atoms with Crippen LogP contribution in [0.2, 0.25) is 5.02 Å². The highest BCUT2D eigenvalue weighted by Crippen LogP contribution is 2.49. The van der Waals surface area contributed by atoms with E-state index in [0.29, 0.717) is 10.6 Å². The van der Waals surface area contributed by atoms with Crippen LogP contribution < -0.4 is 0 Å². The van der Waals surface area contributed by atoms with E-state index < -0.39 is 16.9 Å². The predicted molar refractivity (Wildman–Crippen MR) is 95.7 cm³/mol. The van der Waals surface area contributed by atoms with Crippen LogP contribution in [0.3, 0.4) is 0 Å². The van der Waals surface area contributed by atoms with Gasteiger partial charge in [-0.15, -0.1) is 0 Å². The minimum absolute atomic E-state index is 0.107. The van der Waals surface area contributed by atoms with Crippen LogP contribution in [0.15, 0.2) is 30.0 Å². The molecule has 0 bridgehead atoms. The highest BCUT2D eigenvalue weighted by atomic mass is 35.5. The fourth-order valence-electron chi connectivity index (χ4n) is 2.86. The zero-order chi connectivity index (χ0) is 19.1. The standard InChI is InChI=1S/C19H22ClNO5/c1-18(2)15(26-17(23)19(3)9-10-19)14(12-7-5-6-8-13(12)20)16(22)21(18)25-11-24-4/h5-8H,9-11H2,1-4H3. The summed E-state index contributed by atoms with van der Waals surface area (Å²) in [5.41, 5.74) is -0.752. The molecule has 0 N–H and O–H groups in total. The summed E-state index contributed by atoms with van der Waals surface area (Å²) in [6.07, 6.45) is 1.55. The third-order valence-corrected chi connectivity index (χ3v) is 5.15. The van der Waals surface area contributed by atoms with E-state index in [1.165, 1.54) is 12.2 Å². The number of hydrogen-bond acceptors (Lipinski definition) is 5. The molecular weight excluding hydrogens is 358 g/mol. The number of hydrogen-bond donors (Lipinski definition) is 0. The van der Waals surface area contributed by atoms with Gasteiger partial charge in [0, 0.05) is 17.7 Å². The van der Waals surface area contributed by atoms with Crippen molar-refractivity contribution in [3.05, 3.63) is 40.6 Å². The lowest BCUT2D eigenvalue weighted by molar-refractivity contribution is -0.239. The Morgan fingerprint density at radius 3 is 2.46 bits per heavy atom. The van der Waals surface area contributed by atoms with Crippen molar-refractivity contribution in [1.29, 1.82) is 0 Å². The van der Waals surface area contributed by atoms with E-state index in [1.54, 1.807) is 38.1 Å². The quantitative estimate of drug-likeness (QED) is 0.558. The first-order valence-corrected chi connectivity index (χ1v) is 8.78. The summed E-state index contributed by atoms with van der Waals surface area (Å²) in [7, 11) is 1.46. The van der Waals surface area contributed by atoms with Crippen LogP contribution in [0.25, 0.3) is 5.57 Å². The number of methoxy groups -OCH3 is 1. The molecule has 140 valence electrons. The van der Waals surface area contributed by atoms with Crippen molar-refractivity contribution in [3.63, 3.8) is 0 Å². The smallest absolute Gasteiger partial charge is 0.316 e. The average Bonchev–Trinajstić information content (AvgIpc) is 3.31. The molecule has 7 heteroatoms. The normalized spacial score (nSPS) is 20.5. The lowest BCUT2D eigenvalue weighted by Crippen LogP contribution is -2.44. The second kappa shape index (κ2) is 6.68. The number of nitrogens with zero attached hydrogens (tertiary/aromatic N) is 1. The van der Waals surface area contributed by atoms with E-state index in [9.17, 15) is 9.59 Å². The average molecular weight is 380 g/mol. The molecule has 1 aliphatic heterocycles. The van der Waals surface area contributed by atoms with E-state index >= 15 is 0 Å². The molecule has 26 heavy (non-hydrogen) atoms. The van der Waals surface area contributed by atoms with Gasteiger partial charge in [-0.05, 0) is 39.7 Å². The van der Waals surface area contributed by atoms with Gasteiger partial charge < -0.3 is 9.47 Å². The molecule has 0 unspecified atom stereocenters. The van der Waals surface area contributed by atoms with Crippen molar-refractivity contribution in [3.8, 4) is 0 Å². The molecule has 0 atom stereocenters. The van der Waals surface area contributed by atoms with Crippen molar-refractivity contribution in [2.75, 3.05) is 13.9 Å². The number of carbonyl (C=O) groups is 2. The number of amides is 1. The maximum absolute atomic E-state index is 13.1. The Balaban J connectivity index is 2.07. The van der Waals surface area contributed by atoms with E-state index in [2.05, 4.69) is 0 Å². The molecule has 1 aliphatic carbocycles. The van der Waals surface area contributed by atoms with Crippen molar-refractivity contribution >= 4 is 29.1 Å². The molecule has 1 fully saturated rings. The first-order chi connectivity index (χ1) is 12.2. The summed E-state index contributed by atoms with van der Waals surface area (Å²) in [6.45, 7) is 5.25. The topological polar surface area (TPSA) is 65.1 Å². The SMILES string of the molecule is COCON1C(=O)C(c2ccccc2Cl)=C(OC(=O)C2(C)CC2)C1(C)C. The molecule has 0 saturated heterocycles. The van der Waals surface area contributed by atoms with Gasteiger partial charge >= 0.3 is 5.97 Å². The van der Waals surface area contributed by atoms with Gasteiger partial charge in [-0.3, -0.25) is 9.59 Å². The number of benzene rings is 1. The van der Waals surface area contributed by atoms with Crippen LogP contribution in [0.1, 0.15) is 39.2 Å². The highest BCUT2D eigenvalue weighted by Gasteiger charge is 2.53. The van der Waals surface area contributed by atoms with Gasteiger partial charge in [0.2, 0.25) is 0 Å². The molecule has 1 heterocycles. The van der Waals surface area contributed by atoms with Crippen LogP contribution in [0.5, 0.6) is 0 Å². The van der Waals surface area contributed by atoms with Gasteiger partial charge in [-0.25, -0.2) is 9.90 Å². The summed E-state index contributed by atoms with van der Waals surface area (Å²) in [6, 6.07) is 6.95. The van der Waals surface area contributed by atoms with Gasteiger partial charge in [-0.1, -0.05) is 29.8 Å². The Labute approximate surface area is 157 Å². The minimum atomic E-state index is -0.995. The summed E-state index contributed by atoms with van der Waals surface area (Å²) >= 11 is 6.31. The molecule has 0 aromatic heterocycles. The number of rotatable bonds is 6. The Morgan fingerprint density at radius 2 is 1.88 bits per heavy atom. The molecule has 0 radical (unpaired) electrons. The lowest BCUT2D eigenvalue weighted by Gasteiger charge is -2.31. The van der Waals surface area contributed by atoms with Crippen LogP contribution >= 0.6 is 11.6 Å². The molecule has 2 aliphatic rings. The molecular formula is C19H22ClNO5. The van der Waals surface area contributed by atoms with E-state index in [0.717, 1.165) is 12.8 Å². The van der Waals surface area contributed by atoms with Crippen LogP contribution in [0.4, 0.5) is 0 Å². The Morgan fingerprint density at radius 1 is 1.23 bits per heavy atom. The molecule has 0 spiro atoms. The second-order valence-corrected chi connectivity index (χ2v) is 7.74. The monoisotopic (exact) mass is 379 g/mol. The van der Waals surface area contributed by atoms with Gasteiger partial charge in [-0.2, -0.15) is 0 Å². The highest BCUT2D eigenvalue weighted by molar-refractivity contribution is 6.35. The molecule has 1 aromatic carbocycles. The van der Waals surface area contributed by atoms with Crippen molar-refractivity contribution < 1.29 is 23.9 Å². The number of ether oxygens (including phenoxy) is 2. The van der Waals surface area contributed by atoms with Crippen LogP contribution in [-0.2, 0) is 23.9 Å². The Hall–Kier alpha value is -1.89. The van der Waals surface area contributed by atoms with Crippen molar-refractivity contribution in [2.24, 2.45) is 5.41 Å². The zero-order valence-corrected chi connectivity index (χ0v) is 16.1. The largest absolute Gasteiger partial charge is 0.427 e. The number of carbonyl (C=O) groups excluding carboxylic acids is 2. The summed E-state index contributed by atoms with van der Waals surface area (Å²) in [5.74, 6) is -0.528. The number of halogens is 1. The second-order valence-electron chi connectivity index (χ2n) is 7.33. The Kier molecular flexibility index (Phi) is 4.86. The van der Waals surface area contributed by atoms with E-state index in [1.807, 2.05) is 6.92 Å². The van der Waals surface area contributed by atoms with E-state index in [4.69, 9.17) is 25.9 Å². The van der Waals surface area contributed by atoms with Crippen molar-refractivity contribution in [1.82, 2.24) is 5.06 Å². The zero-order valence-electron chi connectivity index (χ0n) is 15.3. The van der Waals surface area contributed by atoms with Gasteiger partial charge in [0.15, 0.2) is 6.79 Å². The van der Waals surface area contributed by atoms with E-state index in [-0.39, 0.29) is 24.1 Å². The molecule has 1 amide bonds. The predicted octanol–water partition coefficient (Wildman–Crippen LogP) is 3.55.